The van der Waals surface area contributed by atoms with Gasteiger partial charge in [-0.1, -0.05) is 0 Å². The molecule has 1 aromatic heterocycles. The van der Waals surface area contributed by atoms with E-state index in [4.69, 9.17) is 4.74 Å². The number of aromatic nitrogens is 2. The van der Waals surface area contributed by atoms with Crippen LogP contribution in [0, 0.1) is 13.8 Å². The Morgan fingerprint density at radius 1 is 1.23 bits per heavy atom. The molecule has 0 aliphatic carbocycles. The van der Waals surface area contributed by atoms with E-state index in [2.05, 4.69) is 34.6 Å². The standard InChI is InChI=1S/C18H29N5O3/c1-14-11-15(2)23(19-14)12-16(3)20-5-4-6-21(8-7-20)17(24)13-22-9-10-26-18(22)25/h11,16H,4-10,12-13H2,1-3H3. The second-order valence-corrected chi connectivity index (χ2v) is 7.26. The van der Waals surface area contributed by atoms with Crippen molar-refractivity contribution in [3.63, 3.8) is 0 Å². The van der Waals surface area contributed by atoms with Crippen LogP contribution in [0.5, 0.6) is 0 Å². The fourth-order valence-electron chi connectivity index (χ4n) is 3.69. The van der Waals surface area contributed by atoms with E-state index >= 15 is 0 Å². The van der Waals surface area contributed by atoms with E-state index in [0.29, 0.717) is 25.7 Å². The van der Waals surface area contributed by atoms with Crippen LogP contribution in [-0.4, -0.2) is 88.4 Å². The summed E-state index contributed by atoms with van der Waals surface area (Å²) in [6.07, 6.45) is 0.561. The SMILES string of the molecule is Cc1cc(C)n(CC(C)N2CCCN(C(=O)CN3CCOC3=O)CC2)n1. The van der Waals surface area contributed by atoms with Crippen LogP contribution in [0.1, 0.15) is 24.7 Å². The summed E-state index contributed by atoms with van der Waals surface area (Å²) in [5, 5.41) is 4.55. The maximum Gasteiger partial charge on any atom is 0.410 e. The zero-order chi connectivity index (χ0) is 18.7. The summed E-state index contributed by atoms with van der Waals surface area (Å²) in [4.78, 5) is 29.8. The van der Waals surface area contributed by atoms with E-state index in [1.54, 1.807) is 0 Å². The van der Waals surface area contributed by atoms with Crippen LogP contribution < -0.4 is 0 Å². The van der Waals surface area contributed by atoms with Gasteiger partial charge in [0.25, 0.3) is 0 Å². The molecule has 2 aliphatic heterocycles. The Morgan fingerprint density at radius 3 is 2.69 bits per heavy atom. The number of amides is 2. The van der Waals surface area contributed by atoms with E-state index in [-0.39, 0.29) is 18.5 Å². The van der Waals surface area contributed by atoms with Gasteiger partial charge < -0.3 is 9.64 Å². The van der Waals surface area contributed by atoms with Gasteiger partial charge in [0.15, 0.2) is 0 Å². The maximum absolute atomic E-state index is 12.5. The zero-order valence-corrected chi connectivity index (χ0v) is 16.0. The average molecular weight is 363 g/mol. The normalized spacial score (nSPS) is 20.2. The minimum absolute atomic E-state index is 0.0110. The lowest BCUT2D eigenvalue weighted by molar-refractivity contribution is -0.131. The van der Waals surface area contributed by atoms with Gasteiger partial charge in [0.1, 0.15) is 13.2 Å². The van der Waals surface area contributed by atoms with Crippen molar-refractivity contribution in [2.45, 2.75) is 39.8 Å². The van der Waals surface area contributed by atoms with Crippen LogP contribution >= 0.6 is 0 Å². The van der Waals surface area contributed by atoms with Crippen LogP contribution in [0.3, 0.4) is 0 Å². The van der Waals surface area contributed by atoms with Gasteiger partial charge in [-0.25, -0.2) is 4.79 Å². The molecule has 2 fully saturated rings. The topological polar surface area (TPSA) is 70.9 Å². The van der Waals surface area contributed by atoms with Crippen molar-refractivity contribution < 1.29 is 14.3 Å². The first-order chi connectivity index (χ1) is 12.4. The van der Waals surface area contributed by atoms with E-state index < -0.39 is 0 Å². The van der Waals surface area contributed by atoms with Crippen molar-refractivity contribution in [2.24, 2.45) is 0 Å². The second-order valence-electron chi connectivity index (χ2n) is 7.26. The number of rotatable bonds is 5. The molecule has 2 aliphatic rings. The summed E-state index contributed by atoms with van der Waals surface area (Å²) in [7, 11) is 0. The van der Waals surface area contributed by atoms with E-state index in [1.807, 2.05) is 11.8 Å². The number of carbonyl (C=O) groups is 2. The molecule has 2 amide bonds. The highest BCUT2D eigenvalue weighted by Gasteiger charge is 2.28. The summed E-state index contributed by atoms with van der Waals surface area (Å²) in [6.45, 7) is 11.4. The summed E-state index contributed by atoms with van der Waals surface area (Å²) in [5.74, 6) is 0.0110. The summed E-state index contributed by atoms with van der Waals surface area (Å²) in [5.41, 5.74) is 2.22. The smallest absolute Gasteiger partial charge is 0.410 e. The highest BCUT2D eigenvalue weighted by atomic mass is 16.6. The second kappa shape index (κ2) is 8.07. The molecule has 0 aromatic carbocycles. The van der Waals surface area contributed by atoms with Crippen LogP contribution in [0.15, 0.2) is 6.07 Å². The van der Waals surface area contributed by atoms with Gasteiger partial charge >= 0.3 is 6.09 Å². The highest BCUT2D eigenvalue weighted by molar-refractivity contribution is 5.82. The Hall–Kier alpha value is -2.09. The van der Waals surface area contributed by atoms with Gasteiger partial charge in [0.05, 0.1) is 18.8 Å². The molecule has 0 saturated carbocycles. The third kappa shape index (κ3) is 4.35. The average Bonchev–Trinajstić information content (AvgIpc) is 3.03. The van der Waals surface area contributed by atoms with Gasteiger partial charge in [-0.15, -0.1) is 0 Å². The molecule has 1 atom stereocenters. The predicted molar refractivity (Wildman–Crippen MR) is 96.9 cm³/mol. The molecular weight excluding hydrogens is 334 g/mol. The maximum atomic E-state index is 12.5. The molecule has 1 aromatic rings. The van der Waals surface area contributed by atoms with E-state index in [9.17, 15) is 9.59 Å². The van der Waals surface area contributed by atoms with Crippen LogP contribution in [0.25, 0.3) is 0 Å². The molecular formula is C18H29N5O3. The fraction of sp³-hybridized carbons (Fsp3) is 0.722. The first-order valence-corrected chi connectivity index (χ1v) is 9.38. The molecule has 26 heavy (non-hydrogen) atoms. The largest absolute Gasteiger partial charge is 0.448 e. The monoisotopic (exact) mass is 363 g/mol. The van der Waals surface area contributed by atoms with Gasteiger partial charge in [0, 0.05) is 37.9 Å². The Labute approximate surface area is 154 Å². The van der Waals surface area contributed by atoms with Crippen molar-refractivity contribution in [1.82, 2.24) is 24.5 Å². The molecule has 0 bridgehead atoms. The van der Waals surface area contributed by atoms with Crippen molar-refractivity contribution in [1.29, 1.82) is 0 Å². The first-order valence-electron chi connectivity index (χ1n) is 9.38. The minimum Gasteiger partial charge on any atom is -0.448 e. The molecule has 8 heteroatoms. The number of hydrogen-bond donors (Lipinski definition) is 0. The summed E-state index contributed by atoms with van der Waals surface area (Å²) >= 11 is 0. The number of cyclic esters (lactones) is 1. The van der Waals surface area contributed by atoms with Gasteiger partial charge in [0.2, 0.25) is 5.91 Å². The molecule has 0 radical (unpaired) electrons. The quantitative estimate of drug-likeness (QED) is 0.776. The third-order valence-corrected chi connectivity index (χ3v) is 5.22. The van der Waals surface area contributed by atoms with Crippen LogP contribution in [0.2, 0.25) is 0 Å². The number of carbonyl (C=O) groups excluding carboxylic acids is 2. The Morgan fingerprint density at radius 2 is 2.04 bits per heavy atom. The van der Waals surface area contributed by atoms with E-state index in [1.165, 1.54) is 10.6 Å². The number of ether oxygens (including phenoxy) is 1. The molecule has 2 saturated heterocycles. The number of aryl methyl sites for hydroxylation is 2. The first kappa shape index (κ1) is 18.7. The van der Waals surface area contributed by atoms with E-state index in [0.717, 1.165) is 38.3 Å². The Kier molecular flexibility index (Phi) is 5.80. The molecule has 8 nitrogen and oxygen atoms in total. The molecule has 0 N–H and O–H groups in total. The van der Waals surface area contributed by atoms with Crippen molar-refractivity contribution in [3.05, 3.63) is 17.5 Å². The lowest BCUT2D eigenvalue weighted by atomic mass is 10.2. The molecule has 1 unspecified atom stereocenters. The lowest BCUT2D eigenvalue weighted by Gasteiger charge is -2.28. The molecule has 3 heterocycles. The van der Waals surface area contributed by atoms with Crippen molar-refractivity contribution in [3.8, 4) is 0 Å². The van der Waals surface area contributed by atoms with Gasteiger partial charge in [-0.3, -0.25) is 19.3 Å². The molecule has 3 rings (SSSR count). The van der Waals surface area contributed by atoms with Gasteiger partial charge in [-0.05, 0) is 33.3 Å². The molecule has 144 valence electrons. The van der Waals surface area contributed by atoms with Gasteiger partial charge in [-0.2, -0.15) is 5.10 Å². The summed E-state index contributed by atoms with van der Waals surface area (Å²) < 4.78 is 6.96. The zero-order valence-electron chi connectivity index (χ0n) is 16.0. The fourth-order valence-corrected chi connectivity index (χ4v) is 3.69. The Bertz CT molecular complexity index is 659. The number of hydrogen-bond acceptors (Lipinski definition) is 5. The third-order valence-electron chi connectivity index (χ3n) is 5.22. The van der Waals surface area contributed by atoms with Crippen molar-refractivity contribution in [2.75, 3.05) is 45.9 Å². The van der Waals surface area contributed by atoms with Crippen LogP contribution in [0.4, 0.5) is 4.79 Å². The Balaban J connectivity index is 1.51. The lowest BCUT2D eigenvalue weighted by Crippen LogP contribution is -2.43. The predicted octanol–water partition coefficient (Wildman–Crippen LogP) is 0.875. The molecule has 0 spiro atoms. The van der Waals surface area contributed by atoms with Crippen LogP contribution in [-0.2, 0) is 16.1 Å². The van der Waals surface area contributed by atoms with Crippen molar-refractivity contribution >= 4 is 12.0 Å². The minimum atomic E-state index is -0.381. The highest BCUT2D eigenvalue weighted by Crippen LogP contribution is 2.12. The number of nitrogens with zero attached hydrogens (tertiary/aromatic N) is 5. The summed E-state index contributed by atoms with van der Waals surface area (Å²) in [6, 6.07) is 2.45.